The van der Waals surface area contributed by atoms with Crippen LogP contribution in [0.25, 0.3) is 11.0 Å². The van der Waals surface area contributed by atoms with Crippen LogP contribution in [0.15, 0.2) is 42.5 Å². The minimum Gasteiger partial charge on any atom is -0.497 e. The van der Waals surface area contributed by atoms with E-state index in [2.05, 4.69) is 10.3 Å². The number of aromatic nitrogens is 2. The van der Waals surface area contributed by atoms with Crippen LogP contribution in [-0.4, -0.2) is 29.1 Å². The summed E-state index contributed by atoms with van der Waals surface area (Å²) in [5.74, 6) is 1.69. The van der Waals surface area contributed by atoms with Gasteiger partial charge in [-0.2, -0.15) is 0 Å². The van der Waals surface area contributed by atoms with Crippen molar-refractivity contribution in [3.05, 3.63) is 59.4 Å². The number of nitrogens with zero attached hydrogens (tertiary/aromatic N) is 2. The van der Waals surface area contributed by atoms with E-state index in [-0.39, 0.29) is 5.91 Å². The zero-order chi connectivity index (χ0) is 17.1. The van der Waals surface area contributed by atoms with E-state index in [0.29, 0.717) is 12.1 Å². The first-order chi connectivity index (χ1) is 11.6. The third-order valence-electron chi connectivity index (χ3n) is 4.22. The van der Waals surface area contributed by atoms with Crippen LogP contribution >= 0.6 is 0 Å². The summed E-state index contributed by atoms with van der Waals surface area (Å²) in [6, 6.07) is 13.5. The first kappa shape index (κ1) is 16.1. The number of imidazole rings is 1. The molecule has 0 atom stereocenters. The highest BCUT2D eigenvalue weighted by Gasteiger charge is 2.09. The van der Waals surface area contributed by atoms with Crippen molar-refractivity contribution in [3.8, 4) is 5.75 Å². The molecule has 1 amide bonds. The molecule has 3 rings (SSSR count). The molecule has 0 fully saturated rings. The fourth-order valence-electron chi connectivity index (χ4n) is 2.68. The molecule has 0 spiro atoms. The molecule has 24 heavy (non-hydrogen) atoms. The average molecular weight is 323 g/mol. The molecule has 124 valence electrons. The van der Waals surface area contributed by atoms with Crippen molar-refractivity contribution in [2.75, 3.05) is 13.7 Å². The number of benzene rings is 2. The maximum atomic E-state index is 12.3. The Morgan fingerprint density at radius 1 is 1.21 bits per heavy atom. The highest BCUT2D eigenvalue weighted by Crippen LogP contribution is 2.16. The van der Waals surface area contributed by atoms with Gasteiger partial charge in [-0.1, -0.05) is 12.1 Å². The molecule has 1 aromatic heterocycles. The zero-order valence-corrected chi connectivity index (χ0v) is 14.2. The molecule has 0 aliphatic rings. The molecule has 0 aliphatic heterocycles. The Morgan fingerprint density at radius 2 is 1.96 bits per heavy atom. The Bertz CT molecular complexity index is 866. The van der Waals surface area contributed by atoms with Crippen LogP contribution in [0, 0.1) is 6.92 Å². The number of carbonyl (C=O) groups excluding carboxylic acids is 1. The number of rotatable bonds is 5. The molecule has 1 heterocycles. The molecule has 3 aromatic rings. The van der Waals surface area contributed by atoms with Gasteiger partial charge in [0.15, 0.2) is 0 Å². The van der Waals surface area contributed by atoms with Gasteiger partial charge in [0.2, 0.25) is 0 Å². The molecule has 0 saturated carbocycles. The largest absolute Gasteiger partial charge is 0.497 e. The zero-order valence-electron chi connectivity index (χ0n) is 14.2. The van der Waals surface area contributed by atoms with E-state index in [9.17, 15) is 4.79 Å². The van der Waals surface area contributed by atoms with Crippen LogP contribution < -0.4 is 10.1 Å². The number of methoxy groups -OCH3 is 1. The summed E-state index contributed by atoms with van der Waals surface area (Å²) in [4.78, 5) is 16.8. The molecule has 2 aromatic carbocycles. The Kier molecular flexibility index (Phi) is 4.51. The standard InChI is InChI=1S/C19H21N3O2/c1-13-21-17-12-15(6-9-18(17)22(13)2)19(23)20-11-10-14-4-7-16(24-3)8-5-14/h4-9,12H,10-11H2,1-3H3,(H,20,23). The summed E-state index contributed by atoms with van der Waals surface area (Å²) in [7, 11) is 3.62. The fourth-order valence-corrected chi connectivity index (χ4v) is 2.68. The fraction of sp³-hybridized carbons (Fsp3) is 0.263. The summed E-state index contributed by atoms with van der Waals surface area (Å²) >= 11 is 0. The van der Waals surface area contributed by atoms with Crippen molar-refractivity contribution in [2.24, 2.45) is 7.05 Å². The second kappa shape index (κ2) is 6.74. The number of aryl methyl sites for hydroxylation is 2. The van der Waals surface area contributed by atoms with Gasteiger partial charge in [-0.3, -0.25) is 4.79 Å². The van der Waals surface area contributed by atoms with Crippen molar-refractivity contribution < 1.29 is 9.53 Å². The van der Waals surface area contributed by atoms with Gasteiger partial charge in [0.1, 0.15) is 11.6 Å². The number of ether oxygens (including phenoxy) is 1. The molecular formula is C19H21N3O2. The number of amides is 1. The predicted octanol–water partition coefficient (Wildman–Crippen LogP) is 2.86. The average Bonchev–Trinajstić information content (AvgIpc) is 2.89. The normalized spacial score (nSPS) is 10.8. The van der Waals surface area contributed by atoms with Crippen molar-refractivity contribution in [1.29, 1.82) is 0 Å². The van der Waals surface area contributed by atoms with Crippen molar-refractivity contribution in [3.63, 3.8) is 0 Å². The molecule has 1 N–H and O–H groups in total. The molecular weight excluding hydrogens is 302 g/mol. The summed E-state index contributed by atoms with van der Waals surface area (Å²) in [5.41, 5.74) is 3.67. The van der Waals surface area contributed by atoms with Gasteiger partial charge in [0.05, 0.1) is 18.1 Å². The van der Waals surface area contributed by atoms with Gasteiger partial charge in [-0.25, -0.2) is 4.98 Å². The minimum atomic E-state index is -0.0753. The van der Waals surface area contributed by atoms with Crippen LogP contribution in [0.2, 0.25) is 0 Å². The van der Waals surface area contributed by atoms with Gasteiger partial charge in [0, 0.05) is 19.2 Å². The quantitative estimate of drug-likeness (QED) is 0.785. The molecule has 5 nitrogen and oxygen atoms in total. The lowest BCUT2D eigenvalue weighted by Gasteiger charge is -2.06. The Hall–Kier alpha value is -2.82. The summed E-state index contributed by atoms with van der Waals surface area (Å²) in [5, 5.41) is 2.96. The molecule has 0 bridgehead atoms. The summed E-state index contributed by atoms with van der Waals surface area (Å²) < 4.78 is 7.15. The van der Waals surface area contributed by atoms with E-state index in [1.807, 2.05) is 61.0 Å². The third kappa shape index (κ3) is 3.25. The lowest BCUT2D eigenvalue weighted by molar-refractivity contribution is 0.0954. The van der Waals surface area contributed by atoms with Crippen molar-refractivity contribution in [2.45, 2.75) is 13.3 Å². The number of carbonyl (C=O) groups is 1. The Morgan fingerprint density at radius 3 is 2.67 bits per heavy atom. The number of nitrogens with one attached hydrogen (secondary N) is 1. The first-order valence-electron chi connectivity index (χ1n) is 7.92. The first-order valence-corrected chi connectivity index (χ1v) is 7.92. The number of hydrogen-bond donors (Lipinski definition) is 1. The highest BCUT2D eigenvalue weighted by molar-refractivity contribution is 5.97. The topological polar surface area (TPSA) is 56.1 Å². The van der Waals surface area contributed by atoms with E-state index >= 15 is 0 Å². The molecule has 0 unspecified atom stereocenters. The second-order valence-corrected chi connectivity index (χ2v) is 5.78. The minimum absolute atomic E-state index is 0.0753. The SMILES string of the molecule is COc1ccc(CCNC(=O)c2ccc3c(c2)nc(C)n3C)cc1. The highest BCUT2D eigenvalue weighted by atomic mass is 16.5. The van der Waals surface area contributed by atoms with Crippen LogP contribution in [0.1, 0.15) is 21.7 Å². The van der Waals surface area contributed by atoms with Gasteiger partial charge in [-0.05, 0) is 49.2 Å². The van der Waals surface area contributed by atoms with Crippen LogP contribution in [-0.2, 0) is 13.5 Å². The number of hydrogen-bond acceptors (Lipinski definition) is 3. The monoisotopic (exact) mass is 323 g/mol. The van der Waals surface area contributed by atoms with E-state index < -0.39 is 0 Å². The summed E-state index contributed by atoms with van der Waals surface area (Å²) in [6.07, 6.45) is 0.778. The lowest BCUT2D eigenvalue weighted by atomic mass is 10.1. The van der Waals surface area contributed by atoms with E-state index in [0.717, 1.165) is 34.6 Å². The van der Waals surface area contributed by atoms with Crippen molar-refractivity contribution in [1.82, 2.24) is 14.9 Å². The molecule has 0 saturated heterocycles. The van der Waals surface area contributed by atoms with Crippen LogP contribution in [0.5, 0.6) is 5.75 Å². The Labute approximate surface area is 141 Å². The van der Waals surface area contributed by atoms with E-state index in [1.54, 1.807) is 7.11 Å². The van der Waals surface area contributed by atoms with E-state index in [4.69, 9.17) is 4.74 Å². The van der Waals surface area contributed by atoms with Gasteiger partial charge in [0.25, 0.3) is 5.91 Å². The third-order valence-corrected chi connectivity index (χ3v) is 4.22. The number of fused-ring (bicyclic) bond motifs is 1. The maximum Gasteiger partial charge on any atom is 0.251 e. The smallest absolute Gasteiger partial charge is 0.251 e. The molecule has 0 aliphatic carbocycles. The van der Waals surface area contributed by atoms with E-state index in [1.165, 1.54) is 0 Å². The lowest BCUT2D eigenvalue weighted by Crippen LogP contribution is -2.25. The second-order valence-electron chi connectivity index (χ2n) is 5.78. The van der Waals surface area contributed by atoms with Gasteiger partial charge >= 0.3 is 0 Å². The van der Waals surface area contributed by atoms with Gasteiger partial charge in [-0.15, -0.1) is 0 Å². The molecule has 5 heteroatoms. The molecule has 0 radical (unpaired) electrons. The van der Waals surface area contributed by atoms with Crippen molar-refractivity contribution >= 4 is 16.9 Å². The summed E-state index contributed by atoms with van der Waals surface area (Å²) in [6.45, 7) is 2.54. The van der Waals surface area contributed by atoms with Gasteiger partial charge < -0.3 is 14.6 Å². The predicted molar refractivity (Wildman–Crippen MR) is 94.5 cm³/mol. The van der Waals surface area contributed by atoms with Crippen LogP contribution in [0.4, 0.5) is 0 Å². The Balaban J connectivity index is 1.62. The maximum absolute atomic E-state index is 12.3. The van der Waals surface area contributed by atoms with Crippen LogP contribution in [0.3, 0.4) is 0 Å².